The van der Waals surface area contributed by atoms with Crippen molar-refractivity contribution in [1.82, 2.24) is 19.7 Å². The van der Waals surface area contributed by atoms with Crippen LogP contribution in [0.3, 0.4) is 0 Å². The van der Waals surface area contributed by atoms with E-state index in [2.05, 4.69) is 25.0 Å². The Kier molecular flexibility index (Phi) is 5.63. The number of methoxy groups -OCH3 is 1. The number of ether oxygens (including phenoxy) is 1. The Morgan fingerprint density at radius 1 is 1.07 bits per heavy atom. The summed E-state index contributed by atoms with van der Waals surface area (Å²) in [7, 11) is -2.00. The summed E-state index contributed by atoms with van der Waals surface area (Å²) >= 11 is 0. The standard InChI is InChI=1S/C18H19N5O3S/c1-3-21-27(24,25)14-7-4-6-13(12-14)22-18-20-11-9-16(23-18)15-8-5-10-19-17(15)26-2/h4-12,21H,3H2,1-2H3,(H,20,22,23). The molecule has 0 aliphatic carbocycles. The fraction of sp³-hybridized carbons (Fsp3) is 0.167. The van der Waals surface area contributed by atoms with Gasteiger partial charge < -0.3 is 10.1 Å². The zero-order valence-electron chi connectivity index (χ0n) is 14.9. The van der Waals surface area contributed by atoms with Crippen molar-refractivity contribution in [2.75, 3.05) is 19.0 Å². The average molecular weight is 385 g/mol. The van der Waals surface area contributed by atoms with Gasteiger partial charge in [-0.25, -0.2) is 28.1 Å². The topological polar surface area (TPSA) is 106 Å². The van der Waals surface area contributed by atoms with E-state index in [1.54, 1.807) is 50.7 Å². The van der Waals surface area contributed by atoms with Crippen molar-refractivity contribution >= 4 is 21.7 Å². The Morgan fingerprint density at radius 2 is 1.93 bits per heavy atom. The van der Waals surface area contributed by atoms with Gasteiger partial charge in [-0.3, -0.25) is 0 Å². The van der Waals surface area contributed by atoms with Gasteiger partial charge >= 0.3 is 0 Å². The lowest BCUT2D eigenvalue weighted by atomic mass is 10.2. The molecule has 140 valence electrons. The Hall–Kier alpha value is -3.04. The van der Waals surface area contributed by atoms with Crippen LogP contribution in [-0.2, 0) is 10.0 Å². The highest BCUT2D eigenvalue weighted by Crippen LogP contribution is 2.26. The molecule has 8 nitrogen and oxygen atoms in total. The van der Waals surface area contributed by atoms with Crippen molar-refractivity contribution in [3.05, 3.63) is 54.9 Å². The molecule has 0 bridgehead atoms. The van der Waals surface area contributed by atoms with Crippen LogP contribution >= 0.6 is 0 Å². The van der Waals surface area contributed by atoms with Gasteiger partial charge in [0.25, 0.3) is 0 Å². The van der Waals surface area contributed by atoms with Gasteiger partial charge in [0.1, 0.15) is 0 Å². The maximum atomic E-state index is 12.2. The van der Waals surface area contributed by atoms with Crippen LogP contribution in [0.4, 0.5) is 11.6 Å². The van der Waals surface area contributed by atoms with Crippen molar-refractivity contribution in [3.63, 3.8) is 0 Å². The van der Waals surface area contributed by atoms with Gasteiger partial charge in [0.05, 0.1) is 23.3 Å². The number of aromatic nitrogens is 3. The highest BCUT2D eigenvalue weighted by Gasteiger charge is 2.13. The molecule has 0 radical (unpaired) electrons. The molecule has 0 fully saturated rings. The number of hydrogen-bond donors (Lipinski definition) is 2. The van der Waals surface area contributed by atoms with Crippen LogP contribution in [0.5, 0.6) is 5.88 Å². The van der Waals surface area contributed by atoms with E-state index in [0.29, 0.717) is 29.8 Å². The molecule has 0 spiro atoms. The van der Waals surface area contributed by atoms with E-state index >= 15 is 0 Å². The molecule has 0 aliphatic rings. The summed E-state index contributed by atoms with van der Waals surface area (Å²) < 4.78 is 32.0. The van der Waals surface area contributed by atoms with E-state index in [4.69, 9.17) is 4.74 Å². The molecular weight excluding hydrogens is 366 g/mol. The lowest BCUT2D eigenvalue weighted by Gasteiger charge is -2.10. The van der Waals surface area contributed by atoms with E-state index in [0.717, 1.165) is 5.56 Å². The van der Waals surface area contributed by atoms with Gasteiger partial charge in [0, 0.05) is 24.6 Å². The first-order valence-electron chi connectivity index (χ1n) is 8.22. The van der Waals surface area contributed by atoms with Crippen molar-refractivity contribution in [1.29, 1.82) is 0 Å². The zero-order valence-corrected chi connectivity index (χ0v) is 15.7. The van der Waals surface area contributed by atoms with E-state index in [1.165, 1.54) is 12.1 Å². The number of rotatable bonds is 7. The number of pyridine rings is 1. The van der Waals surface area contributed by atoms with Gasteiger partial charge in [0.15, 0.2) is 0 Å². The molecule has 0 unspecified atom stereocenters. The third-order valence-corrected chi connectivity index (χ3v) is 5.17. The minimum absolute atomic E-state index is 0.166. The van der Waals surface area contributed by atoms with Gasteiger partial charge in [-0.2, -0.15) is 0 Å². The number of nitrogens with zero attached hydrogens (tertiary/aromatic N) is 3. The Balaban J connectivity index is 1.89. The van der Waals surface area contributed by atoms with Crippen LogP contribution in [0.15, 0.2) is 59.8 Å². The van der Waals surface area contributed by atoms with Crippen LogP contribution in [0.2, 0.25) is 0 Å². The third kappa shape index (κ3) is 4.39. The fourth-order valence-electron chi connectivity index (χ4n) is 2.46. The highest BCUT2D eigenvalue weighted by molar-refractivity contribution is 7.89. The number of anilines is 2. The van der Waals surface area contributed by atoms with Crippen LogP contribution in [0.25, 0.3) is 11.3 Å². The second-order valence-corrected chi connectivity index (χ2v) is 7.25. The molecule has 0 aliphatic heterocycles. The summed E-state index contributed by atoms with van der Waals surface area (Å²) in [4.78, 5) is 13.0. The monoisotopic (exact) mass is 385 g/mol. The summed E-state index contributed by atoms with van der Waals surface area (Å²) in [5.74, 6) is 0.789. The molecule has 2 heterocycles. The van der Waals surface area contributed by atoms with E-state index in [-0.39, 0.29) is 4.90 Å². The zero-order chi connectivity index (χ0) is 19.3. The van der Waals surface area contributed by atoms with Crippen molar-refractivity contribution < 1.29 is 13.2 Å². The highest BCUT2D eigenvalue weighted by atomic mass is 32.2. The predicted molar refractivity (Wildman–Crippen MR) is 102 cm³/mol. The van der Waals surface area contributed by atoms with Crippen molar-refractivity contribution in [2.24, 2.45) is 0 Å². The predicted octanol–water partition coefficient (Wildman–Crippen LogP) is 2.59. The molecule has 0 amide bonds. The second-order valence-electron chi connectivity index (χ2n) is 5.48. The molecule has 27 heavy (non-hydrogen) atoms. The Bertz CT molecular complexity index is 1040. The number of nitrogens with one attached hydrogen (secondary N) is 2. The van der Waals surface area contributed by atoms with Crippen molar-refractivity contribution in [2.45, 2.75) is 11.8 Å². The van der Waals surface area contributed by atoms with Gasteiger partial charge in [-0.15, -0.1) is 0 Å². The molecule has 3 rings (SSSR count). The molecular formula is C18H19N5O3S. The van der Waals surface area contributed by atoms with E-state index in [1.807, 2.05) is 6.07 Å². The normalized spacial score (nSPS) is 11.2. The molecule has 0 saturated heterocycles. The molecule has 0 saturated carbocycles. The fourth-order valence-corrected chi connectivity index (χ4v) is 3.55. The van der Waals surface area contributed by atoms with Crippen molar-refractivity contribution in [3.8, 4) is 17.1 Å². The summed E-state index contributed by atoms with van der Waals surface area (Å²) in [6, 6.07) is 11.8. The first kappa shape index (κ1) is 18.7. The van der Waals surface area contributed by atoms with E-state index < -0.39 is 10.0 Å². The van der Waals surface area contributed by atoms with Gasteiger partial charge in [-0.05, 0) is 36.4 Å². The minimum Gasteiger partial charge on any atom is -0.481 e. The molecule has 1 aromatic carbocycles. The summed E-state index contributed by atoms with van der Waals surface area (Å²) in [5, 5.41) is 3.03. The number of sulfonamides is 1. The molecule has 2 aromatic heterocycles. The quantitative estimate of drug-likeness (QED) is 0.644. The SMILES string of the molecule is CCNS(=O)(=O)c1cccc(Nc2nccc(-c3cccnc3OC)n2)c1. The Morgan fingerprint density at radius 3 is 2.70 bits per heavy atom. The smallest absolute Gasteiger partial charge is 0.240 e. The van der Waals surface area contributed by atoms with Crippen LogP contribution < -0.4 is 14.8 Å². The third-order valence-electron chi connectivity index (χ3n) is 3.63. The summed E-state index contributed by atoms with van der Waals surface area (Å²) in [6.07, 6.45) is 3.25. The molecule has 0 atom stereocenters. The number of hydrogen-bond acceptors (Lipinski definition) is 7. The first-order chi connectivity index (χ1) is 13.0. The lowest BCUT2D eigenvalue weighted by Crippen LogP contribution is -2.23. The molecule has 2 N–H and O–H groups in total. The first-order valence-corrected chi connectivity index (χ1v) is 9.71. The van der Waals surface area contributed by atoms with Gasteiger partial charge in [-0.1, -0.05) is 13.0 Å². The Labute approximate surface area is 157 Å². The lowest BCUT2D eigenvalue weighted by molar-refractivity contribution is 0.399. The molecule has 3 aromatic rings. The van der Waals surface area contributed by atoms with Gasteiger partial charge in [0.2, 0.25) is 21.9 Å². The number of benzene rings is 1. The maximum Gasteiger partial charge on any atom is 0.240 e. The largest absolute Gasteiger partial charge is 0.481 e. The van der Waals surface area contributed by atoms with Crippen LogP contribution in [0, 0.1) is 0 Å². The maximum absolute atomic E-state index is 12.2. The average Bonchev–Trinajstić information content (AvgIpc) is 2.68. The summed E-state index contributed by atoms with van der Waals surface area (Å²) in [6.45, 7) is 2.05. The second kappa shape index (κ2) is 8.11. The molecule has 9 heteroatoms. The van der Waals surface area contributed by atoms with E-state index in [9.17, 15) is 8.42 Å². The van der Waals surface area contributed by atoms with Crippen LogP contribution in [-0.4, -0.2) is 37.0 Å². The summed E-state index contributed by atoms with van der Waals surface area (Å²) in [5.41, 5.74) is 1.92. The van der Waals surface area contributed by atoms with Crippen LogP contribution in [0.1, 0.15) is 6.92 Å². The minimum atomic E-state index is -3.54.